The zero-order chi connectivity index (χ0) is 24.6. The predicted octanol–water partition coefficient (Wildman–Crippen LogP) is 2.83. The molecule has 1 saturated heterocycles. The minimum absolute atomic E-state index is 0.0225. The Balaban J connectivity index is 1.58. The molecule has 2 aliphatic rings. The predicted molar refractivity (Wildman–Crippen MR) is 130 cm³/mol. The van der Waals surface area contributed by atoms with Gasteiger partial charge in [-0.05, 0) is 43.4 Å². The summed E-state index contributed by atoms with van der Waals surface area (Å²) in [6, 6.07) is 5.72. The summed E-state index contributed by atoms with van der Waals surface area (Å²) in [5.74, 6) is 0.597. The van der Waals surface area contributed by atoms with Gasteiger partial charge in [-0.1, -0.05) is 38.7 Å². The van der Waals surface area contributed by atoms with Crippen LogP contribution in [0.5, 0.6) is 11.5 Å². The molecule has 1 aliphatic carbocycles. The number of rotatable bonds is 11. The molecule has 2 N–H and O–H groups in total. The lowest BCUT2D eigenvalue weighted by Gasteiger charge is -2.37. The summed E-state index contributed by atoms with van der Waals surface area (Å²) in [6.45, 7) is 3.61. The molecule has 34 heavy (non-hydrogen) atoms. The molecule has 1 aromatic carbocycles. The Labute approximate surface area is 202 Å². The van der Waals surface area contributed by atoms with Gasteiger partial charge < -0.3 is 25.0 Å². The molecule has 0 bridgehead atoms. The molecule has 1 atom stereocenters. The van der Waals surface area contributed by atoms with E-state index in [1.165, 1.54) is 0 Å². The molecule has 1 heterocycles. The van der Waals surface area contributed by atoms with E-state index in [9.17, 15) is 14.4 Å². The van der Waals surface area contributed by atoms with E-state index in [0.717, 1.165) is 37.7 Å². The highest BCUT2D eigenvalue weighted by Gasteiger charge is 2.43. The third kappa shape index (κ3) is 6.21. The van der Waals surface area contributed by atoms with Crippen LogP contribution in [0, 0.1) is 5.92 Å². The largest absolute Gasteiger partial charge is 0.493 e. The van der Waals surface area contributed by atoms with Crippen LogP contribution in [-0.2, 0) is 20.8 Å². The maximum atomic E-state index is 13.2. The third-order valence-corrected chi connectivity index (χ3v) is 7.02. The number of carbonyl (C=O) groups excluding carboxylic acids is 3. The van der Waals surface area contributed by atoms with Crippen molar-refractivity contribution in [3.63, 3.8) is 0 Å². The zero-order valence-corrected chi connectivity index (χ0v) is 20.8. The van der Waals surface area contributed by atoms with Crippen molar-refractivity contribution in [2.24, 2.45) is 5.92 Å². The molecule has 1 saturated carbocycles. The molecule has 3 rings (SSSR count). The van der Waals surface area contributed by atoms with Gasteiger partial charge in [-0.2, -0.15) is 0 Å². The van der Waals surface area contributed by atoms with Crippen LogP contribution in [0.3, 0.4) is 0 Å². The molecule has 0 spiro atoms. The number of hydrogen-bond donors (Lipinski definition) is 2. The SMILES string of the molecule is CCCCNC(=O)C1(NC(=O)C2CC(=O)N(CCc3ccc(OC)c(OC)c3)C2)CCCCC1. The smallest absolute Gasteiger partial charge is 0.245 e. The van der Waals surface area contributed by atoms with Crippen LogP contribution in [0.2, 0.25) is 0 Å². The van der Waals surface area contributed by atoms with Crippen molar-refractivity contribution in [2.45, 2.75) is 70.3 Å². The van der Waals surface area contributed by atoms with Gasteiger partial charge in [0.1, 0.15) is 5.54 Å². The number of unbranched alkanes of at least 4 members (excludes halogenated alkanes) is 1. The minimum Gasteiger partial charge on any atom is -0.493 e. The monoisotopic (exact) mass is 473 g/mol. The van der Waals surface area contributed by atoms with Crippen molar-refractivity contribution >= 4 is 17.7 Å². The van der Waals surface area contributed by atoms with E-state index in [1.54, 1.807) is 19.1 Å². The van der Waals surface area contributed by atoms with Crippen LogP contribution in [-0.4, -0.2) is 62.0 Å². The Morgan fingerprint density at radius 3 is 2.53 bits per heavy atom. The lowest BCUT2D eigenvalue weighted by atomic mass is 9.80. The Hall–Kier alpha value is -2.77. The van der Waals surface area contributed by atoms with Crippen LogP contribution in [0.4, 0.5) is 0 Å². The number of nitrogens with one attached hydrogen (secondary N) is 2. The van der Waals surface area contributed by atoms with E-state index in [4.69, 9.17) is 9.47 Å². The standard InChI is InChI=1S/C26H39N3O5/c1-4-5-14-27-25(32)26(12-7-6-8-13-26)28-24(31)20-17-23(30)29(18-20)15-11-19-9-10-21(33-2)22(16-19)34-3/h9-10,16,20H,4-8,11-15,17-18H2,1-3H3,(H,27,32)(H,28,31). The average molecular weight is 474 g/mol. The second-order valence-electron chi connectivity index (χ2n) is 9.42. The molecule has 3 amide bonds. The van der Waals surface area contributed by atoms with E-state index >= 15 is 0 Å². The summed E-state index contributed by atoms with van der Waals surface area (Å²) in [6.07, 6.45) is 6.98. The molecule has 1 aliphatic heterocycles. The fourth-order valence-electron chi connectivity index (χ4n) is 4.91. The molecule has 0 aromatic heterocycles. The molecule has 1 aromatic rings. The highest BCUT2D eigenvalue weighted by Crippen LogP contribution is 2.31. The third-order valence-electron chi connectivity index (χ3n) is 7.02. The zero-order valence-electron chi connectivity index (χ0n) is 20.8. The molecule has 8 heteroatoms. The number of ether oxygens (including phenoxy) is 2. The highest BCUT2D eigenvalue weighted by molar-refractivity contribution is 5.95. The number of hydrogen-bond acceptors (Lipinski definition) is 5. The highest BCUT2D eigenvalue weighted by atomic mass is 16.5. The van der Waals surface area contributed by atoms with Gasteiger partial charge in [0, 0.05) is 26.1 Å². The topological polar surface area (TPSA) is 97.0 Å². The van der Waals surface area contributed by atoms with Gasteiger partial charge in [-0.25, -0.2) is 0 Å². The van der Waals surface area contributed by atoms with Crippen LogP contribution in [0.25, 0.3) is 0 Å². The summed E-state index contributed by atoms with van der Waals surface area (Å²) >= 11 is 0. The summed E-state index contributed by atoms with van der Waals surface area (Å²) < 4.78 is 10.6. The van der Waals surface area contributed by atoms with Gasteiger partial charge >= 0.3 is 0 Å². The van der Waals surface area contributed by atoms with E-state index in [0.29, 0.717) is 50.4 Å². The number of likely N-dealkylation sites (tertiary alicyclic amines) is 1. The Bertz CT molecular complexity index is 866. The number of benzene rings is 1. The number of carbonyl (C=O) groups is 3. The molecular formula is C26H39N3O5. The van der Waals surface area contributed by atoms with E-state index in [-0.39, 0.29) is 24.1 Å². The lowest BCUT2D eigenvalue weighted by molar-refractivity contribution is -0.136. The first-order valence-electron chi connectivity index (χ1n) is 12.5. The fraction of sp³-hybridized carbons (Fsp3) is 0.654. The number of nitrogens with zero attached hydrogens (tertiary/aromatic N) is 1. The van der Waals surface area contributed by atoms with Crippen molar-refractivity contribution in [2.75, 3.05) is 33.9 Å². The van der Waals surface area contributed by atoms with Crippen LogP contribution >= 0.6 is 0 Å². The normalized spacial score (nSPS) is 19.6. The molecular weight excluding hydrogens is 434 g/mol. The van der Waals surface area contributed by atoms with E-state index < -0.39 is 11.5 Å². The van der Waals surface area contributed by atoms with E-state index in [2.05, 4.69) is 17.6 Å². The molecule has 1 unspecified atom stereocenters. The minimum atomic E-state index is -0.848. The summed E-state index contributed by atoms with van der Waals surface area (Å²) in [5, 5.41) is 6.10. The first-order valence-corrected chi connectivity index (χ1v) is 12.5. The Morgan fingerprint density at radius 1 is 1.12 bits per heavy atom. The van der Waals surface area contributed by atoms with Crippen molar-refractivity contribution in [1.82, 2.24) is 15.5 Å². The van der Waals surface area contributed by atoms with Crippen molar-refractivity contribution in [3.05, 3.63) is 23.8 Å². The second-order valence-corrected chi connectivity index (χ2v) is 9.42. The lowest BCUT2D eigenvalue weighted by Crippen LogP contribution is -2.61. The quantitative estimate of drug-likeness (QED) is 0.482. The van der Waals surface area contributed by atoms with Crippen LogP contribution in [0.1, 0.15) is 63.9 Å². The Morgan fingerprint density at radius 2 is 1.85 bits per heavy atom. The van der Waals surface area contributed by atoms with E-state index in [1.807, 2.05) is 18.2 Å². The summed E-state index contributed by atoms with van der Waals surface area (Å²) in [7, 11) is 3.19. The van der Waals surface area contributed by atoms with Crippen molar-refractivity contribution < 1.29 is 23.9 Å². The maximum Gasteiger partial charge on any atom is 0.245 e. The van der Waals surface area contributed by atoms with Gasteiger partial charge in [-0.3, -0.25) is 14.4 Å². The van der Waals surface area contributed by atoms with Crippen molar-refractivity contribution in [3.8, 4) is 11.5 Å². The first kappa shape index (κ1) is 25.8. The Kier molecular flexibility index (Phi) is 9.19. The average Bonchev–Trinajstić information content (AvgIpc) is 3.23. The fourth-order valence-corrected chi connectivity index (χ4v) is 4.91. The van der Waals surface area contributed by atoms with Crippen LogP contribution in [0.15, 0.2) is 18.2 Å². The number of methoxy groups -OCH3 is 2. The van der Waals surface area contributed by atoms with Gasteiger partial charge in [0.15, 0.2) is 11.5 Å². The summed E-state index contributed by atoms with van der Waals surface area (Å²) in [4.78, 5) is 40.6. The van der Waals surface area contributed by atoms with Gasteiger partial charge in [0.2, 0.25) is 17.7 Å². The van der Waals surface area contributed by atoms with Gasteiger partial charge in [0.25, 0.3) is 0 Å². The molecule has 8 nitrogen and oxygen atoms in total. The second kappa shape index (κ2) is 12.1. The van der Waals surface area contributed by atoms with Gasteiger partial charge in [0.05, 0.1) is 20.1 Å². The van der Waals surface area contributed by atoms with Gasteiger partial charge in [-0.15, -0.1) is 0 Å². The number of amides is 3. The molecule has 188 valence electrons. The maximum absolute atomic E-state index is 13.2. The van der Waals surface area contributed by atoms with Crippen molar-refractivity contribution in [1.29, 1.82) is 0 Å². The van der Waals surface area contributed by atoms with Crippen LogP contribution < -0.4 is 20.1 Å². The molecule has 2 fully saturated rings. The molecule has 0 radical (unpaired) electrons. The summed E-state index contributed by atoms with van der Waals surface area (Å²) in [5.41, 5.74) is 0.183. The first-order chi connectivity index (χ1) is 16.4.